The molecule has 0 saturated heterocycles. The van der Waals surface area contributed by atoms with Crippen molar-refractivity contribution in [2.45, 2.75) is 103 Å². The molecule has 0 atom stereocenters. The number of hydrogen-bond donors (Lipinski definition) is 0. The number of unbranched alkanes of at least 4 members (excludes halogenated alkanes) is 13. The molecule has 0 aliphatic rings. The third-order valence-corrected chi connectivity index (χ3v) is 4.24. The Morgan fingerprint density at radius 3 is 1.45 bits per heavy atom. The molecular weight excluding hydrogens is 266 g/mol. The molecule has 1 rings (SSSR count). The summed E-state index contributed by atoms with van der Waals surface area (Å²) < 4.78 is 40.2. The zero-order chi connectivity index (χ0) is 20.1. The zero-order valence-corrected chi connectivity index (χ0v) is 14.6. The van der Waals surface area contributed by atoms with Gasteiger partial charge < -0.3 is 0 Å². The van der Waals surface area contributed by atoms with Gasteiger partial charge in [-0.25, -0.2) is 4.57 Å². The Morgan fingerprint density at radius 1 is 0.591 bits per heavy atom. The van der Waals surface area contributed by atoms with Crippen molar-refractivity contribution in [3.63, 3.8) is 0 Å². The van der Waals surface area contributed by atoms with E-state index in [2.05, 4.69) is 6.92 Å². The molecular formula is C21H38N+. The van der Waals surface area contributed by atoms with Crippen LogP contribution in [0.25, 0.3) is 0 Å². The molecule has 1 aromatic rings. The molecule has 1 heteroatoms. The summed E-state index contributed by atoms with van der Waals surface area (Å²) in [5.41, 5.74) is 0. The molecule has 0 radical (unpaired) electrons. The highest BCUT2D eigenvalue weighted by Gasteiger charge is 1.98. The summed E-state index contributed by atoms with van der Waals surface area (Å²) in [5, 5.41) is 0. The Balaban J connectivity index is 2.06. The van der Waals surface area contributed by atoms with Crippen LogP contribution in [0.1, 0.15) is 104 Å². The Hall–Kier alpha value is -0.850. The number of hydrogen-bond acceptors (Lipinski definition) is 0. The molecule has 0 bridgehead atoms. The van der Waals surface area contributed by atoms with Gasteiger partial charge in [0.15, 0.2) is 12.3 Å². The van der Waals surface area contributed by atoms with Crippen molar-refractivity contribution in [2.24, 2.45) is 0 Å². The largest absolute Gasteiger partial charge is 0.205 e. The standard InChI is InChI=1S/C21H38N/c1-2-3-4-5-6-7-8-9-10-11-12-13-14-16-19-22-20-17-15-18-21-22/h15,17-18,20-21H,2-14,16,19H2,1H3/q+1/i15D,17D,18D,20D,21D. The maximum atomic E-state index is 7.90. The van der Waals surface area contributed by atoms with Gasteiger partial charge in [0, 0.05) is 18.5 Å². The maximum absolute atomic E-state index is 7.90. The Kier molecular flexibility index (Phi) is 8.60. The van der Waals surface area contributed by atoms with Crippen molar-refractivity contribution in [2.75, 3.05) is 0 Å². The van der Waals surface area contributed by atoms with E-state index in [-0.39, 0.29) is 30.5 Å². The van der Waals surface area contributed by atoms with Gasteiger partial charge >= 0.3 is 0 Å². The second kappa shape index (κ2) is 15.1. The lowest BCUT2D eigenvalue weighted by Gasteiger charge is -2.02. The van der Waals surface area contributed by atoms with Crippen molar-refractivity contribution >= 4 is 0 Å². The van der Waals surface area contributed by atoms with Crippen molar-refractivity contribution in [1.29, 1.82) is 0 Å². The van der Waals surface area contributed by atoms with E-state index in [0.717, 1.165) is 19.3 Å². The van der Waals surface area contributed by atoms with Crippen LogP contribution >= 0.6 is 0 Å². The van der Waals surface area contributed by atoms with Crippen molar-refractivity contribution in [3.05, 3.63) is 30.5 Å². The second-order valence-corrected chi connectivity index (χ2v) is 6.35. The molecule has 0 aliphatic carbocycles. The van der Waals surface area contributed by atoms with E-state index in [0.29, 0.717) is 6.54 Å². The number of pyridine rings is 1. The molecule has 0 aromatic carbocycles. The van der Waals surface area contributed by atoms with Gasteiger partial charge in [-0.3, -0.25) is 0 Å². The summed E-state index contributed by atoms with van der Waals surface area (Å²) in [6, 6.07) is -0.815. The van der Waals surface area contributed by atoms with E-state index in [1.165, 1.54) is 75.2 Å². The molecule has 0 N–H and O–H groups in total. The topological polar surface area (TPSA) is 3.88 Å². The Labute approximate surface area is 146 Å². The molecule has 0 fully saturated rings. The lowest BCUT2D eigenvalue weighted by atomic mass is 10.0. The number of rotatable bonds is 15. The van der Waals surface area contributed by atoms with Gasteiger partial charge in [-0.2, -0.15) is 0 Å². The lowest BCUT2D eigenvalue weighted by Crippen LogP contribution is -2.32. The van der Waals surface area contributed by atoms with Crippen LogP contribution in [0.2, 0.25) is 0 Å². The molecule has 0 amide bonds. The van der Waals surface area contributed by atoms with Crippen LogP contribution in [-0.4, -0.2) is 0 Å². The van der Waals surface area contributed by atoms with E-state index < -0.39 is 0 Å². The van der Waals surface area contributed by atoms with Crippen LogP contribution in [0.15, 0.2) is 30.5 Å². The van der Waals surface area contributed by atoms with Crippen LogP contribution in [0.5, 0.6) is 0 Å². The van der Waals surface area contributed by atoms with Crippen LogP contribution in [0.3, 0.4) is 0 Å². The molecule has 0 saturated carbocycles. The van der Waals surface area contributed by atoms with Gasteiger partial charge in [0.05, 0.1) is 4.11 Å². The van der Waals surface area contributed by atoms with Crippen molar-refractivity contribution in [3.8, 4) is 0 Å². The molecule has 0 unspecified atom stereocenters. The predicted octanol–water partition coefficient (Wildman–Crippen LogP) is 6.46. The average Bonchev–Trinajstić information content (AvgIpc) is 2.67. The Bertz CT molecular complexity index is 519. The first-order valence-corrected chi connectivity index (χ1v) is 9.47. The van der Waals surface area contributed by atoms with Gasteiger partial charge in [-0.15, -0.1) is 0 Å². The van der Waals surface area contributed by atoms with Crippen LogP contribution in [0, 0.1) is 0 Å². The molecule has 1 heterocycles. The predicted molar refractivity (Wildman–Crippen MR) is 96.9 cm³/mol. The van der Waals surface area contributed by atoms with Crippen LogP contribution < -0.4 is 4.57 Å². The van der Waals surface area contributed by atoms with Crippen molar-refractivity contribution in [1.82, 2.24) is 0 Å². The zero-order valence-electron chi connectivity index (χ0n) is 19.6. The molecule has 1 nitrogen and oxygen atoms in total. The monoisotopic (exact) mass is 309 g/mol. The summed E-state index contributed by atoms with van der Waals surface area (Å²) in [7, 11) is 0. The third-order valence-electron chi connectivity index (χ3n) is 4.24. The smallest absolute Gasteiger partial charge is 0.168 e. The summed E-state index contributed by atoms with van der Waals surface area (Å²) in [4.78, 5) is 0. The fourth-order valence-electron chi connectivity index (χ4n) is 2.83. The van der Waals surface area contributed by atoms with Crippen molar-refractivity contribution < 1.29 is 11.4 Å². The maximum Gasteiger partial charge on any atom is 0.168 e. The van der Waals surface area contributed by atoms with E-state index in [1.807, 2.05) is 0 Å². The van der Waals surface area contributed by atoms with E-state index in [9.17, 15) is 0 Å². The lowest BCUT2D eigenvalue weighted by molar-refractivity contribution is -0.697. The minimum atomic E-state index is -0.317. The fourth-order valence-corrected chi connectivity index (χ4v) is 2.83. The highest BCUT2D eigenvalue weighted by Crippen LogP contribution is 2.12. The highest BCUT2D eigenvalue weighted by atomic mass is 14.9. The van der Waals surface area contributed by atoms with Gasteiger partial charge in [-0.1, -0.05) is 90.0 Å². The molecule has 22 heavy (non-hydrogen) atoms. The van der Waals surface area contributed by atoms with Gasteiger partial charge in [-0.05, 0) is 6.42 Å². The SMILES string of the molecule is [2H]c1c([2H])c([2H])[n+](CCCCCCCCCCCCCCCC)c([2H])c1[2H]. The summed E-state index contributed by atoms with van der Waals surface area (Å²) in [6.07, 6.45) is 17.7. The molecule has 0 spiro atoms. The Morgan fingerprint density at radius 2 is 1.00 bits per heavy atom. The van der Waals surface area contributed by atoms with E-state index in [1.54, 1.807) is 0 Å². The first-order valence-electron chi connectivity index (χ1n) is 12.0. The summed E-state index contributed by atoms with van der Waals surface area (Å²) >= 11 is 0. The van der Waals surface area contributed by atoms with Gasteiger partial charge in [0.1, 0.15) is 9.29 Å². The quantitative estimate of drug-likeness (QED) is 0.259. The summed E-state index contributed by atoms with van der Waals surface area (Å²) in [5.74, 6) is 0. The fraction of sp³-hybridized carbons (Fsp3) is 0.762. The number of aromatic nitrogens is 1. The highest BCUT2D eigenvalue weighted by molar-refractivity contribution is 4.83. The van der Waals surface area contributed by atoms with E-state index >= 15 is 0 Å². The second-order valence-electron chi connectivity index (χ2n) is 6.35. The molecule has 1 aromatic heterocycles. The normalized spacial score (nSPS) is 14.1. The third kappa shape index (κ3) is 11.8. The van der Waals surface area contributed by atoms with Gasteiger partial charge in [0.25, 0.3) is 0 Å². The average molecular weight is 310 g/mol. The minimum absolute atomic E-state index is 0.115. The number of nitrogens with zero attached hydrogens (tertiary/aromatic N) is 1. The first kappa shape index (κ1) is 12.6. The molecule has 0 aliphatic heterocycles. The first-order chi connectivity index (χ1) is 13.0. The van der Waals surface area contributed by atoms with Crippen LogP contribution in [0.4, 0.5) is 0 Å². The summed E-state index contributed by atoms with van der Waals surface area (Å²) in [6.45, 7) is 2.75. The minimum Gasteiger partial charge on any atom is -0.205 e. The van der Waals surface area contributed by atoms with Gasteiger partial charge in [0.2, 0.25) is 0 Å². The van der Waals surface area contributed by atoms with E-state index in [4.69, 9.17) is 6.85 Å². The molecule has 126 valence electrons. The van der Waals surface area contributed by atoms with Crippen LogP contribution in [-0.2, 0) is 6.54 Å².